The van der Waals surface area contributed by atoms with Crippen LogP contribution in [-0.2, 0) is 4.79 Å². The first-order chi connectivity index (χ1) is 9.69. The molecule has 0 aromatic heterocycles. The normalized spacial score (nSPS) is 15.0. The van der Waals surface area contributed by atoms with E-state index in [1.54, 1.807) is 13.2 Å². The van der Waals surface area contributed by atoms with Crippen molar-refractivity contribution in [2.24, 2.45) is 5.92 Å². The zero-order valence-corrected chi connectivity index (χ0v) is 13.0. The molecular weight excluding hydrogens is 292 g/mol. The van der Waals surface area contributed by atoms with E-state index in [4.69, 9.17) is 4.74 Å². The highest BCUT2D eigenvalue weighted by Gasteiger charge is 2.20. The highest BCUT2D eigenvalue weighted by atomic mass is 35.5. The molecular formula is C15H23ClN2O3. The van der Waals surface area contributed by atoms with Gasteiger partial charge >= 0.3 is 0 Å². The lowest BCUT2D eigenvalue weighted by molar-refractivity contribution is -0.120. The number of carbonyl (C=O) groups is 1. The minimum atomic E-state index is -0.725. The molecule has 1 aromatic carbocycles. The van der Waals surface area contributed by atoms with E-state index in [1.807, 2.05) is 18.2 Å². The molecule has 1 aliphatic rings. The number of methoxy groups -OCH3 is 1. The number of nitrogens with one attached hydrogen (secondary N) is 2. The largest absolute Gasteiger partial charge is 0.497 e. The van der Waals surface area contributed by atoms with Gasteiger partial charge in [-0.15, -0.1) is 12.4 Å². The van der Waals surface area contributed by atoms with Crippen molar-refractivity contribution in [1.29, 1.82) is 0 Å². The second kappa shape index (κ2) is 8.87. The fourth-order valence-electron chi connectivity index (χ4n) is 1.95. The standard InChI is InChI=1S/C15H22N2O3.ClH/c1-20-13-4-2-3-12(7-13)14(18)9-17-15(19)10-16-8-11-5-6-11;/h2-4,7,11,14,16,18H,5-6,8-10H2,1H3,(H,17,19);1H. The minimum absolute atomic E-state index is 0. The Balaban J connectivity index is 0.00000220. The van der Waals surface area contributed by atoms with Crippen molar-refractivity contribution in [3.63, 3.8) is 0 Å². The van der Waals surface area contributed by atoms with Crippen LogP contribution < -0.4 is 15.4 Å². The Labute approximate surface area is 131 Å². The second-order valence-corrected chi connectivity index (χ2v) is 5.17. The van der Waals surface area contributed by atoms with Crippen LogP contribution in [0.5, 0.6) is 5.75 Å². The Kier molecular flexibility index (Phi) is 7.50. The fraction of sp³-hybridized carbons (Fsp3) is 0.533. The van der Waals surface area contributed by atoms with E-state index in [0.29, 0.717) is 12.3 Å². The summed E-state index contributed by atoms with van der Waals surface area (Å²) >= 11 is 0. The van der Waals surface area contributed by atoms with Crippen LogP contribution in [0, 0.1) is 5.92 Å². The number of ether oxygens (including phenoxy) is 1. The topological polar surface area (TPSA) is 70.6 Å². The van der Waals surface area contributed by atoms with Gasteiger partial charge in [0, 0.05) is 6.54 Å². The zero-order chi connectivity index (χ0) is 14.4. The Morgan fingerprint density at radius 1 is 1.48 bits per heavy atom. The highest BCUT2D eigenvalue weighted by Crippen LogP contribution is 2.27. The summed E-state index contributed by atoms with van der Waals surface area (Å²) in [4.78, 5) is 11.6. The van der Waals surface area contributed by atoms with Crippen molar-refractivity contribution in [3.8, 4) is 5.75 Å². The molecule has 0 saturated heterocycles. The Morgan fingerprint density at radius 3 is 2.90 bits per heavy atom. The molecule has 3 N–H and O–H groups in total. The van der Waals surface area contributed by atoms with E-state index in [2.05, 4.69) is 10.6 Å². The van der Waals surface area contributed by atoms with Crippen LogP contribution in [0.3, 0.4) is 0 Å². The first-order valence-electron chi connectivity index (χ1n) is 6.98. The number of hydrogen-bond acceptors (Lipinski definition) is 4. The van der Waals surface area contributed by atoms with Gasteiger partial charge in [0.05, 0.1) is 19.8 Å². The molecule has 1 amide bonds. The van der Waals surface area contributed by atoms with Gasteiger partial charge in [0.15, 0.2) is 0 Å². The van der Waals surface area contributed by atoms with Crippen molar-refractivity contribution < 1.29 is 14.6 Å². The summed E-state index contributed by atoms with van der Waals surface area (Å²) in [5.41, 5.74) is 0.732. The average molecular weight is 315 g/mol. The van der Waals surface area contributed by atoms with Crippen LogP contribution in [-0.4, -0.2) is 37.8 Å². The van der Waals surface area contributed by atoms with Crippen LogP contribution in [0.4, 0.5) is 0 Å². The van der Waals surface area contributed by atoms with Gasteiger partial charge in [0.25, 0.3) is 0 Å². The number of aliphatic hydroxyl groups excluding tert-OH is 1. The maximum Gasteiger partial charge on any atom is 0.234 e. The molecule has 0 bridgehead atoms. The van der Waals surface area contributed by atoms with Crippen LogP contribution in [0.25, 0.3) is 0 Å². The zero-order valence-electron chi connectivity index (χ0n) is 12.2. The van der Waals surface area contributed by atoms with E-state index in [-0.39, 0.29) is 24.9 Å². The maximum absolute atomic E-state index is 11.6. The summed E-state index contributed by atoms with van der Waals surface area (Å²) in [6, 6.07) is 7.21. The monoisotopic (exact) mass is 314 g/mol. The summed E-state index contributed by atoms with van der Waals surface area (Å²) in [6.45, 7) is 1.42. The molecule has 5 nitrogen and oxygen atoms in total. The fourth-order valence-corrected chi connectivity index (χ4v) is 1.95. The maximum atomic E-state index is 11.6. The Bertz CT molecular complexity index is 452. The SMILES string of the molecule is COc1cccc(C(O)CNC(=O)CNCC2CC2)c1.Cl. The molecule has 0 spiro atoms. The molecule has 2 rings (SSSR count). The van der Waals surface area contributed by atoms with Crippen LogP contribution in [0.2, 0.25) is 0 Å². The lowest BCUT2D eigenvalue weighted by Gasteiger charge is -2.13. The molecule has 6 heteroatoms. The summed E-state index contributed by atoms with van der Waals surface area (Å²) in [6.07, 6.45) is 1.81. The molecule has 1 atom stereocenters. The molecule has 1 unspecified atom stereocenters. The summed E-state index contributed by atoms with van der Waals surface area (Å²) in [5.74, 6) is 1.36. The molecule has 1 fully saturated rings. The van der Waals surface area contributed by atoms with E-state index in [1.165, 1.54) is 12.8 Å². The van der Waals surface area contributed by atoms with E-state index >= 15 is 0 Å². The lowest BCUT2D eigenvalue weighted by atomic mass is 10.1. The molecule has 0 aliphatic heterocycles. The highest BCUT2D eigenvalue weighted by molar-refractivity contribution is 5.85. The number of hydrogen-bond donors (Lipinski definition) is 3. The first kappa shape index (κ1) is 17.8. The average Bonchev–Trinajstić information content (AvgIpc) is 3.29. The molecule has 118 valence electrons. The Hall–Kier alpha value is -1.30. The third-order valence-corrected chi connectivity index (χ3v) is 3.39. The summed E-state index contributed by atoms with van der Waals surface area (Å²) < 4.78 is 5.10. The number of amides is 1. The van der Waals surface area contributed by atoms with Crippen molar-refractivity contribution >= 4 is 18.3 Å². The minimum Gasteiger partial charge on any atom is -0.497 e. The van der Waals surface area contributed by atoms with Gasteiger partial charge in [-0.25, -0.2) is 0 Å². The first-order valence-corrected chi connectivity index (χ1v) is 6.98. The van der Waals surface area contributed by atoms with Crippen molar-refractivity contribution in [2.45, 2.75) is 18.9 Å². The third-order valence-electron chi connectivity index (χ3n) is 3.39. The van der Waals surface area contributed by atoms with E-state index < -0.39 is 6.10 Å². The van der Waals surface area contributed by atoms with Crippen LogP contribution in [0.15, 0.2) is 24.3 Å². The second-order valence-electron chi connectivity index (χ2n) is 5.17. The Morgan fingerprint density at radius 2 is 2.24 bits per heavy atom. The van der Waals surface area contributed by atoms with Gasteiger partial charge in [0.1, 0.15) is 5.75 Å². The van der Waals surface area contributed by atoms with E-state index in [9.17, 15) is 9.90 Å². The number of benzene rings is 1. The predicted octanol–water partition coefficient (Wildman–Crippen LogP) is 1.27. The van der Waals surface area contributed by atoms with Gasteiger partial charge in [-0.3, -0.25) is 4.79 Å². The van der Waals surface area contributed by atoms with Gasteiger partial charge in [-0.2, -0.15) is 0 Å². The molecule has 1 saturated carbocycles. The number of halogens is 1. The number of aliphatic hydroxyl groups is 1. The molecule has 0 heterocycles. The van der Waals surface area contributed by atoms with Crippen molar-refractivity contribution in [3.05, 3.63) is 29.8 Å². The quantitative estimate of drug-likeness (QED) is 0.676. The van der Waals surface area contributed by atoms with Gasteiger partial charge < -0.3 is 20.5 Å². The third kappa shape index (κ3) is 6.33. The molecule has 1 aliphatic carbocycles. The lowest BCUT2D eigenvalue weighted by Crippen LogP contribution is -2.36. The smallest absolute Gasteiger partial charge is 0.234 e. The van der Waals surface area contributed by atoms with Crippen molar-refractivity contribution in [2.75, 3.05) is 26.7 Å². The van der Waals surface area contributed by atoms with E-state index in [0.717, 1.165) is 18.0 Å². The number of carbonyl (C=O) groups excluding carboxylic acids is 1. The van der Waals surface area contributed by atoms with Gasteiger partial charge in [0.2, 0.25) is 5.91 Å². The van der Waals surface area contributed by atoms with Crippen LogP contribution in [0.1, 0.15) is 24.5 Å². The number of rotatable bonds is 8. The van der Waals surface area contributed by atoms with Gasteiger partial charge in [-0.1, -0.05) is 12.1 Å². The molecule has 1 aromatic rings. The van der Waals surface area contributed by atoms with Gasteiger partial charge in [-0.05, 0) is 43.0 Å². The molecule has 21 heavy (non-hydrogen) atoms. The predicted molar refractivity (Wildman–Crippen MR) is 83.8 cm³/mol. The van der Waals surface area contributed by atoms with Crippen LogP contribution >= 0.6 is 12.4 Å². The summed E-state index contributed by atoms with van der Waals surface area (Å²) in [7, 11) is 1.58. The summed E-state index contributed by atoms with van der Waals surface area (Å²) in [5, 5.41) is 15.9. The molecule has 0 radical (unpaired) electrons. The van der Waals surface area contributed by atoms with Crippen molar-refractivity contribution in [1.82, 2.24) is 10.6 Å².